The van der Waals surface area contributed by atoms with Gasteiger partial charge in [0.05, 0.1) is 0 Å². The molecule has 2 aromatic carbocycles. The largest absolute Gasteiger partial charge is 0.0761 e. The van der Waals surface area contributed by atoms with E-state index < -0.39 is 0 Å². The summed E-state index contributed by atoms with van der Waals surface area (Å²) in [5.41, 5.74) is 3.97. The molecule has 104 valence electrons. The minimum Gasteiger partial charge on any atom is -0.0761 e. The number of benzene rings is 2. The number of unbranched alkanes of at least 4 members (excludes halogenated alkanes) is 1. The molecular formula is C20H24. The van der Waals surface area contributed by atoms with Crippen molar-refractivity contribution >= 4 is 5.57 Å². The van der Waals surface area contributed by atoms with Gasteiger partial charge >= 0.3 is 0 Å². The van der Waals surface area contributed by atoms with E-state index in [1.807, 2.05) is 0 Å². The van der Waals surface area contributed by atoms with Crippen LogP contribution in [0.25, 0.3) is 5.57 Å². The summed E-state index contributed by atoms with van der Waals surface area (Å²) in [6.45, 7) is 4.58. The lowest BCUT2D eigenvalue weighted by Crippen LogP contribution is -1.89. The summed E-state index contributed by atoms with van der Waals surface area (Å²) in [5, 5.41) is 0. The lowest BCUT2D eigenvalue weighted by Gasteiger charge is -2.09. The molecule has 0 unspecified atom stereocenters. The zero-order valence-corrected chi connectivity index (χ0v) is 12.5. The van der Waals surface area contributed by atoms with E-state index >= 15 is 0 Å². The SMILES string of the molecule is CC(C)CCCC=C(c1ccccc1)c1ccccc1. The predicted octanol–water partition coefficient (Wildman–Crippen LogP) is 5.94. The molecular weight excluding hydrogens is 240 g/mol. The summed E-state index contributed by atoms with van der Waals surface area (Å²) in [7, 11) is 0. The molecule has 0 aliphatic rings. The van der Waals surface area contributed by atoms with Gasteiger partial charge in [-0.15, -0.1) is 0 Å². The van der Waals surface area contributed by atoms with Gasteiger partial charge in [0.25, 0.3) is 0 Å². The van der Waals surface area contributed by atoms with Crippen molar-refractivity contribution in [1.82, 2.24) is 0 Å². The maximum Gasteiger partial charge on any atom is -0.0151 e. The Bertz CT molecular complexity index is 479. The average Bonchev–Trinajstić information content (AvgIpc) is 2.49. The molecule has 0 heteroatoms. The van der Waals surface area contributed by atoms with Crippen LogP contribution in [-0.4, -0.2) is 0 Å². The van der Waals surface area contributed by atoms with Crippen molar-refractivity contribution in [3.63, 3.8) is 0 Å². The maximum absolute atomic E-state index is 2.40. The van der Waals surface area contributed by atoms with Crippen LogP contribution in [0.15, 0.2) is 66.7 Å². The zero-order valence-electron chi connectivity index (χ0n) is 12.5. The molecule has 0 N–H and O–H groups in total. The van der Waals surface area contributed by atoms with Gasteiger partial charge in [-0.2, -0.15) is 0 Å². The van der Waals surface area contributed by atoms with Crippen LogP contribution in [0.4, 0.5) is 0 Å². The summed E-state index contributed by atoms with van der Waals surface area (Å²) in [6, 6.07) is 21.4. The second-order valence-corrected chi connectivity index (χ2v) is 5.67. The first-order valence-corrected chi connectivity index (χ1v) is 7.58. The van der Waals surface area contributed by atoms with Gasteiger partial charge in [0.15, 0.2) is 0 Å². The van der Waals surface area contributed by atoms with E-state index in [0.717, 1.165) is 12.3 Å². The van der Waals surface area contributed by atoms with E-state index in [0.29, 0.717) is 0 Å². The highest BCUT2D eigenvalue weighted by molar-refractivity contribution is 5.79. The summed E-state index contributed by atoms with van der Waals surface area (Å²) < 4.78 is 0. The highest BCUT2D eigenvalue weighted by Crippen LogP contribution is 2.24. The molecule has 2 rings (SSSR count). The Hall–Kier alpha value is -1.82. The molecule has 0 radical (unpaired) electrons. The van der Waals surface area contributed by atoms with Crippen molar-refractivity contribution in [3.8, 4) is 0 Å². The van der Waals surface area contributed by atoms with Crippen LogP contribution in [0.2, 0.25) is 0 Å². The van der Waals surface area contributed by atoms with Crippen molar-refractivity contribution in [2.75, 3.05) is 0 Å². The lowest BCUT2D eigenvalue weighted by molar-refractivity contribution is 0.560. The third-order valence-corrected chi connectivity index (χ3v) is 3.50. The molecule has 2 aromatic rings. The summed E-state index contributed by atoms with van der Waals surface area (Å²) >= 11 is 0. The summed E-state index contributed by atoms with van der Waals surface area (Å²) in [5.74, 6) is 0.792. The molecule has 0 bridgehead atoms. The third kappa shape index (κ3) is 4.38. The minimum atomic E-state index is 0.792. The van der Waals surface area contributed by atoms with E-state index in [9.17, 15) is 0 Å². The highest BCUT2D eigenvalue weighted by atomic mass is 14.1. The van der Waals surface area contributed by atoms with Crippen molar-refractivity contribution in [3.05, 3.63) is 77.9 Å². The molecule has 0 aliphatic heterocycles. The van der Waals surface area contributed by atoms with Gasteiger partial charge in [0, 0.05) is 0 Å². The van der Waals surface area contributed by atoms with Crippen molar-refractivity contribution in [2.24, 2.45) is 5.92 Å². The van der Waals surface area contributed by atoms with Crippen LogP contribution in [0.1, 0.15) is 44.2 Å². The van der Waals surface area contributed by atoms with Crippen LogP contribution in [0.5, 0.6) is 0 Å². The topological polar surface area (TPSA) is 0 Å². The van der Waals surface area contributed by atoms with Gasteiger partial charge in [0.2, 0.25) is 0 Å². The fraction of sp³-hybridized carbons (Fsp3) is 0.300. The Morgan fingerprint density at radius 2 is 1.35 bits per heavy atom. The fourth-order valence-corrected chi connectivity index (χ4v) is 2.41. The van der Waals surface area contributed by atoms with Gasteiger partial charge in [-0.3, -0.25) is 0 Å². The molecule has 0 nitrogen and oxygen atoms in total. The Balaban J connectivity index is 2.19. The molecule has 0 saturated carbocycles. The number of allylic oxidation sites excluding steroid dienone is 1. The first-order chi connectivity index (χ1) is 9.77. The number of hydrogen-bond acceptors (Lipinski definition) is 0. The maximum atomic E-state index is 2.40. The Labute approximate surface area is 123 Å². The number of hydrogen-bond donors (Lipinski definition) is 0. The van der Waals surface area contributed by atoms with E-state index in [1.54, 1.807) is 0 Å². The highest BCUT2D eigenvalue weighted by Gasteiger charge is 2.03. The van der Waals surface area contributed by atoms with Gasteiger partial charge in [-0.25, -0.2) is 0 Å². The predicted molar refractivity (Wildman–Crippen MR) is 88.7 cm³/mol. The molecule has 0 heterocycles. The smallest absolute Gasteiger partial charge is 0.0151 e. The molecule has 20 heavy (non-hydrogen) atoms. The average molecular weight is 264 g/mol. The van der Waals surface area contributed by atoms with Gasteiger partial charge in [-0.05, 0) is 35.5 Å². The first kappa shape index (κ1) is 14.6. The minimum absolute atomic E-state index is 0.792. The Kier molecular flexibility index (Phi) is 5.61. The van der Waals surface area contributed by atoms with E-state index in [4.69, 9.17) is 0 Å². The fourth-order valence-electron chi connectivity index (χ4n) is 2.41. The Morgan fingerprint density at radius 3 is 1.80 bits per heavy atom. The molecule has 0 aromatic heterocycles. The van der Waals surface area contributed by atoms with Crippen LogP contribution >= 0.6 is 0 Å². The van der Waals surface area contributed by atoms with Crippen LogP contribution in [0.3, 0.4) is 0 Å². The Morgan fingerprint density at radius 1 is 0.850 bits per heavy atom. The van der Waals surface area contributed by atoms with Crippen molar-refractivity contribution < 1.29 is 0 Å². The molecule has 0 aliphatic carbocycles. The number of rotatable bonds is 6. The molecule has 0 atom stereocenters. The lowest BCUT2D eigenvalue weighted by atomic mass is 9.96. The second kappa shape index (κ2) is 7.69. The van der Waals surface area contributed by atoms with E-state index in [1.165, 1.54) is 29.5 Å². The standard InChI is InChI=1S/C20H24/c1-17(2)11-9-10-16-20(18-12-5-3-6-13-18)19-14-7-4-8-15-19/h3-8,12-17H,9-11H2,1-2H3. The molecule has 0 saturated heterocycles. The van der Waals surface area contributed by atoms with Gasteiger partial charge < -0.3 is 0 Å². The van der Waals surface area contributed by atoms with Crippen LogP contribution in [-0.2, 0) is 0 Å². The normalized spacial score (nSPS) is 10.6. The zero-order chi connectivity index (χ0) is 14.2. The summed E-state index contributed by atoms with van der Waals surface area (Å²) in [4.78, 5) is 0. The van der Waals surface area contributed by atoms with Crippen molar-refractivity contribution in [1.29, 1.82) is 0 Å². The monoisotopic (exact) mass is 264 g/mol. The van der Waals surface area contributed by atoms with Gasteiger partial charge in [-0.1, -0.05) is 87.0 Å². The van der Waals surface area contributed by atoms with Crippen molar-refractivity contribution in [2.45, 2.75) is 33.1 Å². The third-order valence-electron chi connectivity index (χ3n) is 3.50. The quantitative estimate of drug-likeness (QED) is 0.566. The van der Waals surface area contributed by atoms with E-state index in [2.05, 4.69) is 80.6 Å². The molecule has 0 spiro atoms. The molecule has 0 amide bonds. The summed E-state index contributed by atoms with van der Waals surface area (Å²) in [6.07, 6.45) is 6.11. The van der Waals surface area contributed by atoms with Crippen LogP contribution < -0.4 is 0 Å². The first-order valence-electron chi connectivity index (χ1n) is 7.58. The molecule has 0 fully saturated rings. The van der Waals surface area contributed by atoms with Gasteiger partial charge in [0.1, 0.15) is 0 Å². The van der Waals surface area contributed by atoms with E-state index in [-0.39, 0.29) is 0 Å². The second-order valence-electron chi connectivity index (χ2n) is 5.67. The van der Waals surface area contributed by atoms with Crippen LogP contribution in [0, 0.1) is 5.92 Å².